The van der Waals surface area contributed by atoms with Gasteiger partial charge in [-0.05, 0) is 0 Å². The number of aliphatic hydroxyl groups excluding tert-OH is 2. The summed E-state index contributed by atoms with van der Waals surface area (Å²) in [7, 11) is -3.67. The fourth-order valence-corrected chi connectivity index (χ4v) is 4.21. The molecule has 17 heteroatoms. The van der Waals surface area contributed by atoms with Gasteiger partial charge in [0.25, 0.3) is 5.91 Å². The van der Waals surface area contributed by atoms with Crippen LogP contribution in [0.3, 0.4) is 0 Å². The lowest BCUT2D eigenvalue weighted by atomic mass is 10.1. The summed E-state index contributed by atoms with van der Waals surface area (Å²) in [5.74, 6) is -0.690. The van der Waals surface area contributed by atoms with Crippen LogP contribution in [0, 0.1) is 0 Å². The first kappa shape index (κ1) is 22.4. The number of imide groups is 1. The monoisotopic (exact) mass is 430 g/mol. The van der Waals surface area contributed by atoms with Crippen molar-refractivity contribution in [2.24, 2.45) is 0 Å². The van der Waals surface area contributed by atoms with Crippen LogP contribution in [-0.4, -0.2) is 95.3 Å². The number of amides is 3. The summed E-state index contributed by atoms with van der Waals surface area (Å²) < 4.78 is 40.9. The normalized spacial score (nSPS) is 34.4. The van der Waals surface area contributed by atoms with Crippen LogP contribution in [0.15, 0.2) is 0 Å². The molecule has 27 heavy (non-hydrogen) atoms. The van der Waals surface area contributed by atoms with Gasteiger partial charge >= 0.3 is 13.9 Å². The van der Waals surface area contributed by atoms with Crippen LogP contribution in [0.1, 0.15) is 0 Å². The van der Waals surface area contributed by atoms with Gasteiger partial charge in [-0.1, -0.05) is 0 Å². The lowest BCUT2D eigenvalue weighted by Gasteiger charge is -2.36. The fourth-order valence-electron chi connectivity index (χ4n) is 2.48. The van der Waals surface area contributed by atoms with E-state index in [1.807, 2.05) is 5.32 Å². The van der Waals surface area contributed by atoms with Crippen molar-refractivity contribution in [3.8, 4) is 0 Å². The summed E-state index contributed by atoms with van der Waals surface area (Å²) in [5.41, 5.74) is 0. The fraction of sp³-hybridized carbons (Fsp3) is 0.800. The third-order valence-corrected chi connectivity index (χ3v) is 5.98. The van der Waals surface area contributed by atoms with Crippen LogP contribution in [0.2, 0.25) is 0 Å². The highest BCUT2D eigenvalue weighted by molar-refractivity contribution is 7.83. The van der Waals surface area contributed by atoms with Gasteiger partial charge in [-0.15, -0.1) is 0 Å². The molecule has 153 valence electrons. The standard InChI is InChI=1S/C10H17BN2O12P2/c1-22-4-2-13(10(17)12-8(4)16)9-7(15)6(14)5(24-9)3-23-26(11,18)25-27(19,20)21/h4-7,9,14-15H,2-3H2,1H3,(H,12,16,17)(H2,19,20,21)/q-1/t4?,5-,6+,7+,9?,26-/m1/s1. The molecule has 2 rings (SSSR count). The Kier molecular flexibility index (Phi) is 6.86. The maximum atomic E-state index is 11.9. The first-order valence-electron chi connectivity index (χ1n) is 7.30. The molecule has 2 unspecified atom stereocenters. The molecule has 0 aromatic carbocycles. The number of hydrogen-bond acceptors (Lipinski definition) is 10. The molecule has 2 heterocycles. The summed E-state index contributed by atoms with van der Waals surface area (Å²) in [5, 5.41) is 22.1. The minimum Gasteiger partial charge on any atom is -0.443 e. The molecule has 0 saturated carbocycles. The molecule has 6 atom stereocenters. The van der Waals surface area contributed by atoms with Crippen molar-refractivity contribution in [2.45, 2.75) is 30.6 Å². The van der Waals surface area contributed by atoms with Crippen molar-refractivity contribution in [3.63, 3.8) is 0 Å². The van der Waals surface area contributed by atoms with Gasteiger partial charge in [0.05, 0.1) is 20.6 Å². The molecular weight excluding hydrogens is 413 g/mol. The first-order chi connectivity index (χ1) is 12.3. The van der Waals surface area contributed by atoms with Crippen LogP contribution in [0.4, 0.5) is 4.79 Å². The number of nitrogens with zero attached hydrogens (tertiary/aromatic N) is 1. The number of methoxy groups -OCH3 is 1. The smallest absolute Gasteiger partial charge is 0.443 e. The molecule has 5 N–H and O–H groups in total. The Bertz CT molecular complexity index is 687. The van der Waals surface area contributed by atoms with Gasteiger partial charge in [-0.2, -0.15) is 0 Å². The predicted octanol–water partition coefficient (Wildman–Crippen LogP) is -2.60. The molecule has 2 fully saturated rings. The lowest BCUT2D eigenvalue weighted by molar-refractivity contribution is -0.140. The van der Waals surface area contributed by atoms with E-state index in [0.29, 0.717) is 0 Å². The van der Waals surface area contributed by atoms with E-state index in [9.17, 15) is 28.9 Å². The van der Waals surface area contributed by atoms with Crippen LogP contribution >= 0.6 is 15.3 Å². The molecular formula is C10H17BN2O12P2-. The molecule has 0 aromatic rings. The summed E-state index contributed by atoms with van der Waals surface area (Å²) in [6.45, 7) is -1.06. The largest absolute Gasteiger partial charge is 0.474 e. The van der Waals surface area contributed by atoms with Crippen molar-refractivity contribution < 1.29 is 57.0 Å². The highest BCUT2D eigenvalue weighted by atomic mass is 31.3. The number of aliphatic hydroxyl groups is 2. The quantitative estimate of drug-likeness (QED) is 0.209. The number of ether oxygens (including phenoxy) is 2. The number of hydrogen-bond donors (Lipinski definition) is 5. The number of urea groups is 1. The van der Waals surface area contributed by atoms with Gasteiger partial charge in [-0.25, -0.2) is 13.7 Å². The van der Waals surface area contributed by atoms with Crippen LogP contribution in [0.5, 0.6) is 0 Å². The molecule has 0 aliphatic carbocycles. The molecule has 3 amide bonds. The number of nitrogens with one attached hydrogen (secondary N) is 1. The van der Waals surface area contributed by atoms with Crippen LogP contribution in [0.25, 0.3) is 0 Å². The van der Waals surface area contributed by atoms with E-state index in [-0.39, 0.29) is 6.54 Å². The number of rotatable bonds is 7. The molecule has 3 radical (unpaired) electrons. The Balaban J connectivity index is 2.03. The second-order valence-electron chi connectivity index (χ2n) is 5.63. The zero-order valence-corrected chi connectivity index (χ0v) is 15.6. The van der Waals surface area contributed by atoms with Crippen molar-refractivity contribution in [1.29, 1.82) is 0 Å². The maximum absolute atomic E-state index is 11.9. The minimum atomic E-state index is -5.21. The van der Waals surface area contributed by atoms with Crippen LogP contribution < -0.4 is 5.32 Å². The third-order valence-electron chi connectivity index (χ3n) is 3.71. The van der Waals surface area contributed by atoms with Gasteiger partial charge in [0.1, 0.15) is 18.3 Å². The van der Waals surface area contributed by atoms with E-state index in [2.05, 4.69) is 8.83 Å². The average molecular weight is 430 g/mol. The van der Waals surface area contributed by atoms with Crippen molar-refractivity contribution in [3.05, 3.63) is 0 Å². The summed E-state index contributed by atoms with van der Waals surface area (Å²) in [6, 6.07) is -0.902. The summed E-state index contributed by atoms with van der Waals surface area (Å²) in [6.07, 6.45) is -7.12. The molecule has 0 bridgehead atoms. The SMILES string of the molecule is [B-][P@@](=O)(OC[C@H]1OC(N2CC(OC)C(=O)NC2=O)[C@@H](O)[C@H]1O)OP(=O)(O)O. The van der Waals surface area contributed by atoms with Gasteiger partial charge in [0.2, 0.25) is 0 Å². The molecule has 14 nitrogen and oxygen atoms in total. The van der Waals surface area contributed by atoms with Crippen molar-refractivity contribution >= 4 is 34.8 Å². The Morgan fingerprint density at radius 1 is 1.30 bits per heavy atom. The summed E-state index contributed by atoms with van der Waals surface area (Å²) in [4.78, 5) is 41.6. The lowest BCUT2D eigenvalue weighted by Crippen LogP contribution is -2.62. The van der Waals surface area contributed by atoms with Gasteiger partial charge in [0, 0.05) is 7.11 Å². The average Bonchev–Trinajstić information content (AvgIpc) is 2.79. The maximum Gasteiger partial charge on any atom is 0.474 e. The zero-order chi connectivity index (χ0) is 20.6. The second-order valence-corrected chi connectivity index (χ2v) is 8.60. The number of carbonyl (C=O) groups excluding carboxylic acids is 2. The van der Waals surface area contributed by atoms with Gasteiger partial charge in [0.15, 0.2) is 12.3 Å². The van der Waals surface area contributed by atoms with Gasteiger partial charge < -0.3 is 46.1 Å². The number of phosphoric acid groups is 1. The highest BCUT2D eigenvalue weighted by Crippen LogP contribution is 2.57. The zero-order valence-electron chi connectivity index (χ0n) is 13.8. The third kappa shape index (κ3) is 5.58. The molecule has 2 aliphatic rings. The van der Waals surface area contributed by atoms with E-state index in [1.54, 1.807) is 0 Å². The molecule has 2 saturated heterocycles. The highest BCUT2D eigenvalue weighted by Gasteiger charge is 2.49. The topological polar surface area (TPSA) is 201 Å². The van der Waals surface area contributed by atoms with E-state index < -0.39 is 64.5 Å². The van der Waals surface area contributed by atoms with Crippen molar-refractivity contribution in [2.75, 3.05) is 20.3 Å². The predicted molar refractivity (Wildman–Crippen MR) is 84.2 cm³/mol. The second kappa shape index (κ2) is 8.25. The van der Waals surface area contributed by atoms with Crippen LogP contribution in [-0.2, 0) is 32.2 Å². The first-order valence-corrected chi connectivity index (χ1v) is 10.4. The van der Waals surface area contributed by atoms with Crippen molar-refractivity contribution in [1.82, 2.24) is 10.2 Å². The Morgan fingerprint density at radius 2 is 1.93 bits per heavy atom. The van der Waals surface area contributed by atoms with Gasteiger partial charge in [-0.3, -0.25) is 15.0 Å². The molecule has 0 spiro atoms. The minimum absolute atomic E-state index is 0.278. The van der Waals surface area contributed by atoms with E-state index in [0.717, 1.165) is 4.90 Å². The van der Waals surface area contributed by atoms with E-state index in [1.165, 1.54) is 7.11 Å². The Hall–Kier alpha value is -0.855. The van der Waals surface area contributed by atoms with E-state index in [4.69, 9.17) is 26.8 Å². The summed E-state index contributed by atoms with van der Waals surface area (Å²) >= 11 is 0. The number of carbonyl (C=O) groups is 2. The van der Waals surface area contributed by atoms with E-state index >= 15 is 0 Å². The Labute approximate surface area is 153 Å². The molecule has 2 aliphatic heterocycles. The Morgan fingerprint density at radius 3 is 2.48 bits per heavy atom. The molecule has 0 aromatic heterocycles.